The van der Waals surface area contributed by atoms with Crippen molar-refractivity contribution in [3.63, 3.8) is 0 Å². The first kappa shape index (κ1) is 20.1. The van der Waals surface area contributed by atoms with Gasteiger partial charge in [-0.2, -0.15) is 0 Å². The zero-order chi connectivity index (χ0) is 19.9. The fraction of sp³-hybridized carbons (Fsp3) is 0.333. The highest BCUT2D eigenvalue weighted by atomic mass is 32.2. The Bertz CT molecular complexity index is 869. The Labute approximate surface area is 169 Å². The van der Waals surface area contributed by atoms with Gasteiger partial charge in [0.2, 0.25) is 0 Å². The molecular weight excluding hydrogens is 376 g/mol. The molecule has 0 atom stereocenters. The van der Waals surface area contributed by atoms with Crippen molar-refractivity contribution >= 4 is 28.5 Å². The number of aryl methyl sites for hydroxylation is 1. The van der Waals surface area contributed by atoms with Gasteiger partial charge in [-0.3, -0.25) is 9.69 Å². The third-order valence-corrected chi connectivity index (χ3v) is 5.31. The summed E-state index contributed by atoms with van der Waals surface area (Å²) in [5.74, 6) is 2.79. The summed E-state index contributed by atoms with van der Waals surface area (Å²) in [5, 5.41) is 0.649. The summed E-state index contributed by atoms with van der Waals surface area (Å²) >= 11 is 1.55. The van der Waals surface area contributed by atoms with Crippen molar-refractivity contribution in [2.75, 3.05) is 33.1 Å². The zero-order valence-electron chi connectivity index (χ0n) is 16.3. The number of hydrogen-bond acceptors (Lipinski definition) is 6. The minimum Gasteiger partial charge on any atom is -0.497 e. The van der Waals surface area contributed by atoms with Gasteiger partial charge in [0.1, 0.15) is 22.9 Å². The molecule has 0 N–H and O–H groups in total. The van der Waals surface area contributed by atoms with E-state index in [1.165, 1.54) is 0 Å². The Morgan fingerprint density at radius 2 is 2.00 bits per heavy atom. The van der Waals surface area contributed by atoms with Crippen LogP contribution in [0, 0.1) is 6.92 Å². The van der Waals surface area contributed by atoms with Gasteiger partial charge in [0.15, 0.2) is 11.8 Å². The number of aliphatic imine (C=N–C) groups is 1. The van der Waals surface area contributed by atoms with Crippen LogP contribution in [-0.2, 0) is 4.79 Å². The molecule has 3 rings (SSSR count). The first-order valence-corrected chi connectivity index (χ1v) is 10.0. The van der Waals surface area contributed by atoms with Gasteiger partial charge in [-0.15, -0.1) is 0 Å². The lowest BCUT2D eigenvalue weighted by atomic mass is 10.2. The minimum atomic E-state index is -0.116. The summed E-state index contributed by atoms with van der Waals surface area (Å²) in [7, 11) is 3.20. The number of rotatable bonds is 6. The molecule has 0 bridgehead atoms. The van der Waals surface area contributed by atoms with Crippen LogP contribution in [0.1, 0.15) is 12.0 Å². The normalized spacial score (nSPS) is 15.4. The van der Waals surface area contributed by atoms with Crippen molar-refractivity contribution < 1.29 is 19.0 Å². The van der Waals surface area contributed by atoms with E-state index < -0.39 is 0 Å². The van der Waals surface area contributed by atoms with Crippen LogP contribution in [0.3, 0.4) is 0 Å². The highest BCUT2D eigenvalue weighted by Crippen LogP contribution is 2.33. The van der Waals surface area contributed by atoms with E-state index in [-0.39, 0.29) is 12.5 Å². The van der Waals surface area contributed by atoms with Gasteiger partial charge in [-0.05, 0) is 43.2 Å². The quantitative estimate of drug-likeness (QED) is 0.732. The summed E-state index contributed by atoms with van der Waals surface area (Å²) in [6.07, 6.45) is 0.912. The average Bonchev–Trinajstić information content (AvgIpc) is 2.72. The topological polar surface area (TPSA) is 60.4 Å². The second kappa shape index (κ2) is 9.50. The summed E-state index contributed by atoms with van der Waals surface area (Å²) in [6.45, 7) is 2.58. The molecule has 1 amide bonds. The molecule has 0 radical (unpaired) electrons. The molecule has 1 aliphatic rings. The van der Waals surface area contributed by atoms with Crippen molar-refractivity contribution in [2.45, 2.75) is 13.3 Å². The fourth-order valence-corrected chi connectivity index (χ4v) is 3.77. The number of benzene rings is 2. The van der Waals surface area contributed by atoms with E-state index >= 15 is 0 Å². The molecule has 2 aromatic rings. The van der Waals surface area contributed by atoms with Crippen LogP contribution < -0.4 is 14.2 Å². The molecule has 0 spiro atoms. The van der Waals surface area contributed by atoms with Gasteiger partial charge in [-0.25, -0.2) is 4.99 Å². The molecule has 2 aromatic carbocycles. The molecule has 1 aliphatic heterocycles. The lowest BCUT2D eigenvalue weighted by molar-refractivity contribution is -0.129. The number of amidine groups is 1. The molecule has 148 valence electrons. The molecule has 0 aliphatic carbocycles. The lowest BCUT2D eigenvalue weighted by Gasteiger charge is -2.28. The second-order valence-corrected chi connectivity index (χ2v) is 7.35. The standard InChI is InChI=1S/C21H24N2O4S/c1-15-6-4-7-17(12-15)27-14-20(24)23-10-5-11-28-21(23)22-18-13-16(25-2)8-9-19(18)26-3/h4,6-9,12-13H,5,10-11,14H2,1-3H3. The van der Waals surface area contributed by atoms with E-state index in [1.807, 2.05) is 37.3 Å². The number of methoxy groups -OCH3 is 2. The highest BCUT2D eigenvalue weighted by Gasteiger charge is 2.24. The first-order chi connectivity index (χ1) is 13.6. The molecule has 1 saturated heterocycles. The SMILES string of the molecule is COc1ccc(OC)c(N=C2SCCCN2C(=O)COc2cccc(C)c2)c1. The fourth-order valence-electron chi connectivity index (χ4n) is 2.80. The lowest BCUT2D eigenvalue weighted by Crippen LogP contribution is -2.41. The van der Waals surface area contributed by atoms with E-state index in [4.69, 9.17) is 19.2 Å². The van der Waals surface area contributed by atoms with Gasteiger partial charge in [-0.1, -0.05) is 23.9 Å². The van der Waals surface area contributed by atoms with Crippen LogP contribution in [0.4, 0.5) is 5.69 Å². The monoisotopic (exact) mass is 400 g/mol. The van der Waals surface area contributed by atoms with Crippen molar-refractivity contribution in [1.29, 1.82) is 0 Å². The van der Waals surface area contributed by atoms with Crippen molar-refractivity contribution in [2.24, 2.45) is 4.99 Å². The van der Waals surface area contributed by atoms with Crippen LogP contribution >= 0.6 is 11.8 Å². The maximum Gasteiger partial charge on any atom is 0.266 e. The molecule has 0 aromatic heterocycles. The molecule has 1 fully saturated rings. The smallest absolute Gasteiger partial charge is 0.266 e. The van der Waals surface area contributed by atoms with Crippen molar-refractivity contribution in [3.05, 3.63) is 48.0 Å². The molecule has 1 heterocycles. The van der Waals surface area contributed by atoms with Crippen LogP contribution in [0.25, 0.3) is 0 Å². The number of carbonyl (C=O) groups excluding carboxylic acids is 1. The summed E-state index contributed by atoms with van der Waals surface area (Å²) in [6, 6.07) is 13.1. The Balaban J connectivity index is 1.78. The van der Waals surface area contributed by atoms with Gasteiger partial charge in [0, 0.05) is 18.4 Å². The largest absolute Gasteiger partial charge is 0.497 e. The maximum atomic E-state index is 12.8. The Kier molecular flexibility index (Phi) is 6.81. The van der Waals surface area contributed by atoms with Crippen LogP contribution in [-0.4, -0.2) is 49.1 Å². The summed E-state index contributed by atoms with van der Waals surface area (Å²) in [4.78, 5) is 19.2. The molecule has 6 nitrogen and oxygen atoms in total. The number of ether oxygens (including phenoxy) is 3. The number of carbonyl (C=O) groups is 1. The molecule has 0 unspecified atom stereocenters. The zero-order valence-corrected chi connectivity index (χ0v) is 17.1. The predicted molar refractivity (Wildman–Crippen MR) is 112 cm³/mol. The number of amides is 1. The first-order valence-electron chi connectivity index (χ1n) is 9.04. The Morgan fingerprint density at radius 1 is 1.14 bits per heavy atom. The molecular formula is C21H24N2O4S. The van der Waals surface area contributed by atoms with Gasteiger partial charge in [0.05, 0.1) is 14.2 Å². The highest BCUT2D eigenvalue weighted by molar-refractivity contribution is 8.13. The van der Waals surface area contributed by atoms with E-state index in [0.717, 1.165) is 17.7 Å². The summed E-state index contributed by atoms with van der Waals surface area (Å²) < 4.78 is 16.4. The Morgan fingerprint density at radius 3 is 2.75 bits per heavy atom. The van der Waals surface area contributed by atoms with Crippen LogP contribution in [0.2, 0.25) is 0 Å². The number of nitrogens with zero attached hydrogens (tertiary/aromatic N) is 2. The molecule has 0 saturated carbocycles. The number of thioether (sulfide) groups is 1. The van der Waals surface area contributed by atoms with Crippen molar-refractivity contribution in [3.8, 4) is 17.2 Å². The van der Waals surface area contributed by atoms with Gasteiger partial charge in [0.25, 0.3) is 5.91 Å². The maximum absolute atomic E-state index is 12.8. The average molecular weight is 401 g/mol. The van der Waals surface area contributed by atoms with Crippen LogP contribution in [0.15, 0.2) is 47.5 Å². The second-order valence-electron chi connectivity index (χ2n) is 6.28. The van der Waals surface area contributed by atoms with Crippen molar-refractivity contribution in [1.82, 2.24) is 4.90 Å². The van der Waals surface area contributed by atoms with E-state index in [2.05, 4.69) is 0 Å². The summed E-state index contributed by atoms with van der Waals surface area (Å²) in [5.41, 5.74) is 1.72. The van der Waals surface area contributed by atoms with Gasteiger partial charge < -0.3 is 14.2 Å². The Hall–Kier alpha value is -2.67. The minimum absolute atomic E-state index is 0.0295. The van der Waals surface area contributed by atoms with Crippen LogP contribution in [0.5, 0.6) is 17.2 Å². The van der Waals surface area contributed by atoms with E-state index in [9.17, 15) is 4.79 Å². The third-order valence-electron chi connectivity index (χ3n) is 4.24. The predicted octanol–water partition coefficient (Wildman–Crippen LogP) is 4.04. The van der Waals surface area contributed by atoms with Gasteiger partial charge >= 0.3 is 0 Å². The number of hydrogen-bond donors (Lipinski definition) is 0. The van der Waals surface area contributed by atoms with E-state index in [1.54, 1.807) is 43.0 Å². The third kappa shape index (κ3) is 4.98. The van der Waals surface area contributed by atoms with E-state index in [0.29, 0.717) is 34.6 Å². The molecule has 7 heteroatoms. The molecule has 28 heavy (non-hydrogen) atoms.